The summed E-state index contributed by atoms with van der Waals surface area (Å²) in [6, 6.07) is 0.824. The molecule has 1 aliphatic heterocycles. The van der Waals surface area contributed by atoms with Crippen LogP contribution in [0.5, 0.6) is 0 Å². The highest BCUT2D eigenvalue weighted by molar-refractivity contribution is 5.72. The van der Waals surface area contributed by atoms with Crippen LogP contribution in [0.15, 0.2) is 0 Å². The first-order valence-electron chi connectivity index (χ1n) is 6.57. The molecule has 3 atom stereocenters. The Labute approximate surface area is 105 Å². The van der Waals surface area contributed by atoms with E-state index in [9.17, 15) is 4.79 Å². The van der Waals surface area contributed by atoms with Gasteiger partial charge >= 0.3 is 5.97 Å². The van der Waals surface area contributed by atoms with Crippen LogP contribution < -0.4 is 0 Å². The van der Waals surface area contributed by atoms with Crippen molar-refractivity contribution in [2.24, 2.45) is 5.92 Å². The number of hydrogen-bond donors (Lipinski definition) is 0. The van der Waals surface area contributed by atoms with E-state index >= 15 is 0 Å². The van der Waals surface area contributed by atoms with Crippen LogP contribution in [0.25, 0.3) is 0 Å². The SMILES string of the molecule is CCN1CCN(C(C)C(C)C(=O)OC)CC1C. The molecule has 0 radical (unpaired) electrons. The Morgan fingerprint density at radius 2 is 2.06 bits per heavy atom. The molecule has 1 rings (SSSR count). The van der Waals surface area contributed by atoms with Gasteiger partial charge in [0.1, 0.15) is 0 Å². The van der Waals surface area contributed by atoms with E-state index in [1.165, 1.54) is 7.11 Å². The molecule has 1 aliphatic rings. The molecule has 4 heteroatoms. The summed E-state index contributed by atoms with van der Waals surface area (Å²) in [7, 11) is 1.46. The maximum atomic E-state index is 11.5. The zero-order valence-electron chi connectivity index (χ0n) is 11.8. The molecule has 3 unspecified atom stereocenters. The van der Waals surface area contributed by atoms with Crippen molar-refractivity contribution < 1.29 is 9.53 Å². The average Bonchev–Trinajstić information content (AvgIpc) is 2.35. The second kappa shape index (κ2) is 6.36. The quantitative estimate of drug-likeness (QED) is 0.694. The maximum Gasteiger partial charge on any atom is 0.309 e. The largest absolute Gasteiger partial charge is 0.469 e. The van der Waals surface area contributed by atoms with Gasteiger partial charge in [0.05, 0.1) is 13.0 Å². The first-order chi connectivity index (χ1) is 8.01. The molecule has 0 bridgehead atoms. The number of likely N-dealkylation sites (N-methyl/N-ethyl adjacent to an activating group) is 1. The first-order valence-corrected chi connectivity index (χ1v) is 6.57. The van der Waals surface area contributed by atoms with Crippen molar-refractivity contribution in [3.05, 3.63) is 0 Å². The topological polar surface area (TPSA) is 32.8 Å². The molecule has 0 saturated carbocycles. The van der Waals surface area contributed by atoms with E-state index < -0.39 is 0 Å². The third kappa shape index (κ3) is 3.42. The van der Waals surface area contributed by atoms with Gasteiger partial charge in [0.25, 0.3) is 0 Å². The van der Waals surface area contributed by atoms with Crippen LogP contribution in [0.3, 0.4) is 0 Å². The number of esters is 1. The highest BCUT2D eigenvalue weighted by Crippen LogP contribution is 2.17. The molecule has 1 fully saturated rings. The minimum absolute atomic E-state index is 0.0552. The van der Waals surface area contributed by atoms with Crippen LogP contribution in [0.4, 0.5) is 0 Å². The van der Waals surface area contributed by atoms with Gasteiger partial charge in [-0.3, -0.25) is 14.6 Å². The lowest BCUT2D eigenvalue weighted by Crippen LogP contribution is -2.55. The molecule has 0 aromatic heterocycles. The lowest BCUT2D eigenvalue weighted by molar-refractivity contribution is -0.147. The Hall–Kier alpha value is -0.610. The number of piperazine rings is 1. The summed E-state index contributed by atoms with van der Waals surface area (Å²) in [4.78, 5) is 16.4. The van der Waals surface area contributed by atoms with E-state index in [0.29, 0.717) is 6.04 Å². The fourth-order valence-electron chi connectivity index (χ4n) is 2.56. The fraction of sp³-hybridized carbons (Fsp3) is 0.923. The lowest BCUT2D eigenvalue weighted by atomic mass is 10.0. The van der Waals surface area contributed by atoms with Crippen molar-refractivity contribution in [2.45, 2.75) is 39.8 Å². The Morgan fingerprint density at radius 1 is 1.41 bits per heavy atom. The summed E-state index contributed by atoms with van der Waals surface area (Å²) in [5.74, 6) is -0.163. The van der Waals surface area contributed by atoms with Gasteiger partial charge in [0, 0.05) is 31.7 Å². The maximum absolute atomic E-state index is 11.5. The highest BCUT2D eigenvalue weighted by atomic mass is 16.5. The Bertz CT molecular complexity index is 258. The minimum atomic E-state index is -0.108. The van der Waals surface area contributed by atoms with Crippen molar-refractivity contribution in [3.8, 4) is 0 Å². The van der Waals surface area contributed by atoms with E-state index in [1.54, 1.807) is 0 Å². The number of rotatable bonds is 4. The lowest BCUT2D eigenvalue weighted by Gasteiger charge is -2.43. The van der Waals surface area contributed by atoms with Crippen molar-refractivity contribution in [3.63, 3.8) is 0 Å². The van der Waals surface area contributed by atoms with Crippen LogP contribution in [0, 0.1) is 5.92 Å². The van der Waals surface area contributed by atoms with E-state index in [1.807, 2.05) is 6.92 Å². The minimum Gasteiger partial charge on any atom is -0.469 e. The summed E-state index contributed by atoms with van der Waals surface area (Å²) in [6.07, 6.45) is 0. The molecule has 0 spiro atoms. The monoisotopic (exact) mass is 242 g/mol. The van der Waals surface area contributed by atoms with Gasteiger partial charge in [-0.15, -0.1) is 0 Å². The molecule has 0 N–H and O–H groups in total. The van der Waals surface area contributed by atoms with Gasteiger partial charge in [-0.2, -0.15) is 0 Å². The molecule has 0 aromatic carbocycles. The van der Waals surface area contributed by atoms with Crippen molar-refractivity contribution in [1.29, 1.82) is 0 Å². The van der Waals surface area contributed by atoms with Gasteiger partial charge in [-0.25, -0.2) is 0 Å². The number of carbonyl (C=O) groups excluding carboxylic acids is 1. The number of hydrogen-bond acceptors (Lipinski definition) is 4. The Morgan fingerprint density at radius 3 is 2.53 bits per heavy atom. The molecule has 100 valence electrons. The van der Waals surface area contributed by atoms with Gasteiger partial charge < -0.3 is 4.74 Å². The fourth-order valence-corrected chi connectivity index (χ4v) is 2.56. The molecule has 4 nitrogen and oxygen atoms in total. The molecular weight excluding hydrogens is 216 g/mol. The van der Waals surface area contributed by atoms with Gasteiger partial charge in [0.15, 0.2) is 0 Å². The summed E-state index contributed by atoms with van der Waals surface area (Å²) in [5.41, 5.74) is 0. The van der Waals surface area contributed by atoms with Crippen LogP contribution >= 0.6 is 0 Å². The molecule has 1 saturated heterocycles. The third-order valence-electron chi connectivity index (χ3n) is 4.08. The third-order valence-corrected chi connectivity index (χ3v) is 4.08. The predicted octanol–water partition coefficient (Wildman–Crippen LogP) is 1.21. The zero-order valence-corrected chi connectivity index (χ0v) is 11.8. The van der Waals surface area contributed by atoms with Crippen molar-refractivity contribution >= 4 is 5.97 Å². The van der Waals surface area contributed by atoms with E-state index in [-0.39, 0.29) is 17.9 Å². The van der Waals surface area contributed by atoms with E-state index in [4.69, 9.17) is 4.74 Å². The van der Waals surface area contributed by atoms with Crippen LogP contribution in [-0.2, 0) is 9.53 Å². The van der Waals surface area contributed by atoms with Crippen molar-refractivity contribution in [1.82, 2.24) is 9.80 Å². The first kappa shape index (κ1) is 14.5. The molecular formula is C13H26N2O2. The molecule has 1 heterocycles. The van der Waals surface area contributed by atoms with Crippen LogP contribution in [-0.4, -0.2) is 61.1 Å². The molecule has 0 amide bonds. The van der Waals surface area contributed by atoms with E-state index in [0.717, 1.165) is 26.2 Å². The Kier molecular flexibility index (Phi) is 5.40. The molecule has 0 aromatic rings. The number of nitrogens with zero attached hydrogens (tertiary/aromatic N) is 2. The van der Waals surface area contributed by atoms with E-state index in [2.05, 4.69) is 30.6 Å². The second-order valence-electron chi connectivity index (χ2n) is 5.02. The summed E-state index contributed by atoms with van der Waals surface area (Å²) in [5, 5.41) is 0. The molecule has 17 heavy (non-hydrogen) atoms. The van der Waals surface area contributed by atoms with Crippen LogP contribution in [0.2, 0.25) is 0 Å². The zero-order chi connectivity index (χ0) is 13.0. The van der Waals surface area contributed by atoms with Crippen LogP contribution in [0.1, 0.15) is 27.7 Å². The number of ether oxygens (including phenoxy) is 1. The summed E-state index contributed by atoms with van der Waals surface area (Å²) < 4.78 is 4.82. The summed E-state index contributed by atoms with van der Waals surface area (Å²) >= 11 is 0. The molecule has 0 aliphatic carbocycles. The predicted molar refractivity (Wildman–Crippen MR) is 68.9 cm³/mol. The smallest absolute Gasteiger partial charge is 0.309 e. The summed E-state index contributed by atoms with van der Waals surface area (Å²) in [6.45, 7) is 12.8. The highest BCUT2D eigenvalue weighted by Gasteiger charge is 2.30. The normalized spacial score (nSPS) is 26.5. The Balaban J connectivity index is 2.54. The van der Waals surface area contributed by atoms with Gasteiger partial charge in [-0.1, -0.05) is 13.8 Å². The van der Waals surface area contributed by atoms with Crippen molar-refractivity contribution in [2.75, 3.05) is 33.3 Å². The second-order valence-corrected chi connectivity index (χ2v) is 5.02. The van der Waals surface area contributed by atoms with Gasteiger partial charge in [-0.05, 0) is 20.4 Å². The average molecular weight is 242 g/mol. The van der Waals surface area contributed by atoms with Gasteiger partial charge in [0.2, 0.25) is 0 Å². The number of carbonyl (C=O) groups is 1. The standard InChI is InChI=1S/C13H26N2O2/c1-6-14-7-8-15(9-10(14)2)12(4)11(3)13(16)17-5/h10-12H,6-9H2,1-5H3. The number of methoxy groups -OCH3 is 1.